The average molecular weight is 327 g/mol. The van der Waals surface area contributed by atoms with Gasteiger partial charge >= 0.3 is 6.03 Å². The summed E-state index contributed by atoms with van der Waals surface area (Å²) in [5.41, 5.74) is 2.70. The first-order chi connectivity index (χ1) is 11.2. The lowest BCUT2D eigenvalue weighted by Gasteiger charge is -2.12. The topological polar surface area (TPSA) is 74.2 Å². The van der Waals surface area contributed by atoms with Crippen LogP contribution in [0.15, 0.2) is 48.5 Å². The van der Waals surface area contributed by atoms with Crippen molar-refractivity contribution < 1.29 is 9.90 Å². The fraction of sp³-hybridized carbons (Fsp3) is 0.176. The van der Waals surface area contributed by atoms with Crippen LogP contribution in [-0.4, -0.2) is 28.8 Å². The molecule has 23 heavy (non-hydrogen) atoms. The fourth-order valence-electron chi connectivity index (χ4n) is 2.13. The highest BCUT2D eigenvalue weighted by atomic mass is 32.1. The Balaban J connectivity index is 1.73. The van der Waals surface area contributed by atoms with E-state index in [2.05, 4.69) is 21.7 Å². The van der Waals surface area contributed by atoms with E-state index in [0.717, 1.165) is 20.8 Å². The van der Waals surface area contributed by atoms with Gasteiger partial charge in [0.1, 0.15) is 5.01 Å². The molecule has 2 aromatic carbocycles. The SMILES string of the molecule is C[C@@H](CO)NC(=O)Nc1ccc(-c2nc3ccccc3s2)cc1. The number of nitrogens with zero attached hydrogens (tertiary/aromatic N) is 1. The summed E-state index contributed by atoms with van der Waals surface area (Å²) in [7, 11) is 0. The number of rotatable bonds is 4. The van der Waals surface area contributed by atoms with Gasteiger partial charge in [0.05, 0.1) is 22.9 Å². The molecule has 0 bridgehead atoms. The Morgan fingerprint density at radius 3 is 2.65 bits per heavy atom. The zero-order chi connectivity index (χ0) is 16.2. The van der Waals surface area contributed by atoms with E-state index in [9.17, 15) is 4.79 Å². The minimum atomic E-state index is -0.334. The number of amides is 2. The molecule has 0 aliphatic heterocycles. The molecule has 0 fully saturated rings. The third kappa shape index (κ3) is 3.67. The van der Waals surface area contributed by atoms with Crippen LogP contribution in [0.2, 0.25) is 0 Å². The Hall–Kier alpha value is -2.44. The lowest BCUT2D eigenvalue weighted by molar-refractivity contribution is 0.229. The Kier molecular flexibility index (Phi) is 4.55. The quantitative estimate of drug-likeness (QED) is 0.687. The number of para-hydroxylation sites is 1. The van der Waals surface area contributed by atoms with Crippen molar-refractivity contribution in [3.63, 3.8) is 0 Å². The van der Waals surface area contributed by atoms with Crippen LogP contribution in [0.25, 0.3) is 20.8 Å². The molecule has 3 N–H and O–H groups in total. The first-order valence-corrected chi connectivity index (χ1v) is 8.12. The van der Waals surface area contributed by atoms with E-state index in [1.807, 2.05) is 42.5 Å². The molecule has 2 amide bonds. The van der Waals surface area contributed by atoms with E-state index in [4.69, 9.17) is 5.11 Å². The monoisotopic (exact) mass is 327 g/mol. The molecular weight excluding hydrogens is 310 g/mol. The number of nitrogens with one attached hydrogen (secondary N) is 2. The Morgan fingerprint density at radius 2 is 1.96 bits per heavy atom. The normalized spacial score (nSPS) is 12.1. The van der Waals surface area contributed by atoms with E-state index in [1.165, 1.54) is 0 Å². The summed E-state index contributed by atoms with van der Waals surface area (Å²) in [6.07, 6.45) is 0. The van der Waals surface area contributed by atoms with Crippen molar-refractivity contribution in [1.29, 1.82) is 0 Å². The molecule has 0 radical (unpaired) electrons. The van der Waals surface area contributed by atoms with Gasteiger partial charge in [-0.1, -0.05) is 12.1 Å². The summed E-state index contributed by atoms with van der Waals surface area (Å²) < 4.78 is 1.15. The van der Waals surface area contributed by atoms with Crippen molar-refractivity contribution in [2.75, 3.05) is 11.9 Å². The van der Waals surface area contributed by atoms with Crippen LogP contribution in [0, 0.1) is 0 Å². The summed E-state index contributed by atoms with van der Waals surface area (Å²) >= 11 is 1.64. The molecule has 0 unspecified atom stereocenters. The minimum absolute atomic E-state index is 0.0933. The molecule has 5 nitrogen and oxygen atoms in total. The highest BCUT2D eigenvalue weighted by molar-refractivity contribution is 7.21. The van der Waals surface area contributed by atoms with E-state index < -0.39 is 0 Å². The Bertz CT molecular complexity index is 781. The van der Waals surface area contributed by atoms with Gasteiger partial charge in [-0.05, 0) is 43.3 Å². The second kappa shape index (κ2) is 6.76. The maximum absolute atomic E-state index is 11.7. The molecule has 6 heteroatoms. The summed E-state index contributed by atoms with van der Waals surface area (Å²) in [6, 6.07) is 15.0. The van der Waals surface area contributed by atoms with Crippen LogP contribution in [0.4, 0.5) is 10.5 Å². The van der Waals surface area contributed by atoms with Gasteiger partial charge in [-0.3, -0.25) is 0 Å². The zero-order valence-corrected chi connectivity index (χ0v) is 13.4. The number of thiazole rings is 1. The van der Waals surface area contributed by atoms with Gasteiger partial charge in [-0.25, -0.2) is 9.78 Å². The number of aliphatic hydroxyl groups excluding tert-OH is 1. The number of carbonyl (C=O) groups excluding carboxylic acids is 1. The third-order valence-corrected chi connectivity index (χ3v) is 4.42. The predicted molar refractivity (Wildman–Crippen MR) is 93.8 cm³/mol. The van der Waals surface area contributed by atoms with Crippen LogP contribution >= 0.6 is 11.3 Å². The number of fused-ring (bicyclic) bond motifs is 1. The molecule has 0 spiro atoms. The molecular formula is C17H17N3O2S. The van der Waals surface area contributed by atoms with Crippen LogP contribution < -0.4 is 10.6 Å². The fourth-order valence-corrected chi connectivity index (χ4v) is 3.10. The number of carbonyl (C=O) groups is 1. The van der Waals surface area contributed by atoms with Gasteiger partial charge in [-0.15, -0.1) is 11.3 Å². The molecule has 3 rings (SSSR count). The highest BCUT2D eigenvalue weighted by Gasteiger charge is 2.08. The lowest BCUT2D eigenvalue weighted by Crippen LogP contribution is -2.38. The number of hydrogen-bond donors (Lipinski definition) is 3. The highest BCUT2D eigenvalue weighted by Crippen LogP contribution is 2.30. The molecule has 1 heterocycles. The van der Waals surface area contributed by atoms with Crippen molar-refractivity contribution in [2.45, 2.75) is 13.0 Å². The van der Waals surface area contributed by atoms with E-state index in [0.29, 0.717) is 5.69 Å². The van der Waals surface area contributed by atoms with Crippen LogP contribution in [0.5, 0.6) is 0 Å². The molecule has 0 aliphatic rings. The summed E-state index contributed by atoms with van der Waals surface area (Å²) in [5.74, 6) is 0. The third-order valence-electron chi connectivity index (χ3n) is 3.33. The van der Waals surface area contributed by atoms with Gasteiger partial charge in [0.25, 0.3) is 0 Å². The van der Waals surface area contributed by atoms with E-state index in [1.54, 1.807) is 18.3 Å². The van der Waals surface area contributed by atoms with Crippen molar-refractivity contribution >= 4 is 33.3 Å². The smallest absolute Gasteiger partial charge is 0.319 e. The van der Waals surface area contributed by atoms with Crippen molar-refractivity contribution in [2.24, 2.45) is 0 Å². The largest absolute Gasteiger partial charge is 0.394 e. The average Bonchev–Trinajstić information content (AvgIpc) is 2.99. The molecule has 3 aromatic rings. The van der Waals surface area contributed by atoms with Crippen molar-refractivity contribution in [3.8, 4) is 10.6 Å². The van der Waals surface area contributed by atoms with Crippen LogP contribution in [0.1, 0.15) is 6.92 Å². The number of aliphatic hydroxyl groups is 1. The van der Waals surface area contributed by atoms with Gasteiger partial charge in [-0.2, -0.15) is 0 Å². The number of urea groups is 1. The molecule has 1 atom stereocenters. The van der Waals surface area contributed by atoms with Crippen molar-refractivity contribution in [3.05, 3.63) is 48.5 Å². The number of anilines is 1. The van der Waals surface area contributed by atoms with E-state index in [-0.39, 0.29) is 18.7 Å². The number of aromatic nitrogens is 1. The summed E-state index contributed by atoms with van der Waals surface area (Å²) in [4.78, 5) is 16.3. The predicted octanol–water partition coefficient (Wildman–Crippen LogP) is 3.47. The zero-order valence-electron chi connectivity index (χ0n) is 12.6. The Morgan fingerprint density at radius 1 is 1.22 bits per heavy atom. The summed E-state index contributed by atoms with van der Waals surface area (Å²) in [6.45, 7) is 1.64. The standard InChI is InChI=1S/C17H17N3O2S/c1-11(10-21)18-17(22)19-13-8-6-12(7-9-13)16-20-14-4-2-3-5-15(14)23-16/h2-9,11,21H,10H2,1H3,(H2,18,19,22)/t11-/m0/s1. The van der Waals surface area contributed by atoms with Crippen LogP contribution in [0.3, 0.4) is 0 Å². The minimum Gasteiger partial charge on any atom is -0.394 e. The molecule has 118 valence electrons. The molecule has 0 saturated heterocycles. The van der Waals surface area contributed by atoms with Gasteiger partial charge in [0.15, 0.2) is 0 Å². The maximum Gasteiger partial charge on any atom is 0.319 e. The number of hydrogen-bond acceptors (Lipinski definition) is 4. The van der Waals surface area contributed by atoms with E-state index >= 15 is 0 Å². The molecule has 0 aliphatic carbocycles. The molecule has 0 saturated carbocycles. The summed E-state index contributed by atoms with van der Waals surface area (Å²) in [5, 5.41) is 15.2. The Labute approximate surface area is 138 Å². The first kappa shape index (κ1) is 15.5. The first-order valence-electron chi connectivity index (χ1n) is 7.30. The van der Waals surface area contributed by atoms with Gasteiger partial charge in [0, 0.05) is 11.3 Å². The van der Waals surface area contributed by atoms with Gasteiger partial charge < -0.3 is 15.7 Å². The van der Waals surface area contributed by atoms with Crippen LogP contribution in [-0.2, 0) is 0 Å². The van der Waals surface area contributed by atoms with Gasteiger partial charge in [0.2, 0.25) is 0 Å². The van der Waals surface area contributed by atoms with Crippen molar-refractivity contribution in [1.82, 2.24) is 10.3 Å². The maximum atomic E-state index is 11.7. The lowest BCUT2D eigenvalue weighted by atomic mass is 10.2. The molecule has 1 aromatic heterocycles. The second-order valence-corrected chi connectivity index (χ2v) is 6.28. The number of benzene rings is 2. The second-order valence-electron chi connectivity index (χ2n) is 5.25.